The standard InChI is InChI=1S/C16H18FN3OS.2ClH/c1-11-9-18-5-6-20(11)15(21)8-14-10-22-16(19-14)12-3-2-4-13(17)7-12;;/h2-4,7,10-11,18H,5-6,8-9H2,1H3;2*1H/t11-;;/m1../s1. The van der Waals surface area contributed by atoms with Gasteiger partial charge in [0.15, 0.2) is 0 Å². The van der Waals surface area contributed by atoms with Gasteiger partial charge in [0.2, 0.25) is 5.91 Å². The van der Waals surface area contributed by atoms with E-state index < -0.39 is 0 Å². The van der Waals surface area contributed by atoms with Gasteiger partial charge in [0, 0.05) is 36.6 Å². The van der Waals surface area contributed by atoms with Gasteiger partial charge in [0.1, 0.15) is 10.8 Å². The summed E-state index contributed by atoms with van der Waals surface area (Å²) in [6, 6.07) is 6.57. The van der Waals surface area contributed by atoms with Crippen molar-refractivity contribution in [1.29, 1.82) is 0 Å². The Morgan fingerprint density at radius 1 is 1.46 bits per heavy atom. The number of aromatic nitrogens is 1. The van der Waals surface area contributed by atoms with E-state index >= 15 is 0 Å². The zero-order valence-electron chi connectivity index (χ0n) is 13.2. The number of carbonyl (C=O) groups excluding carboxylic acids is 1. The lowest BCUT2D eigenvalue weighted by molar-refractivity contribution is -0.133. The van der Waals surface area contributed by atoms with Crippen molar-refractivity contribution in [2.45, 2.75) is 19.4 Å². The third kappa shape index (κ3) is 4.89. The number of amides is 1. The summed E-state index contributed by atoms with van der Waals surface area (Å²) in [5.41, 5.74) is 1.50. The van der Waals surface area contributed by atoms with E-state index in [4.69, 9.17) is 0 Å². The molecule has 24 heavy (non-hydrogen) atoms. The number of thiazole rings is 1. The van der Waals surface area contributed by atoms with Gasteiger partial charge in [-0.25, -0.2) is 9.37 Å². The number of hydrogen-bond donors (Lipinski definition) is 1. The van der Waals surface area contributed by atoms with Gasteiger partial charge in [-0.3, -0.25) is 4.79 Å². The molecule has 1 fully saturated rings. The Labute approximate surface area is 157 Å². The van der Waals surface area contributed by atoms with Crippen molar-refractivity contribution < 1.29 is 9.18 Å². The lowest BCUT2D eigenvalue weighted by atomic mass is 10.2. The maximum atomic E-state index is 13.3. The topological polar surface area (TPSA) is 45.2 Å². The molecule has 0 radical (unpaired) electrons. The number of nitrogens with zero attached hydrogens (tertiary/aromatic N) is 2. The number of halogens is 3. The van der Waals surface area contributed by atoms with Crippen molar-refractivity contribution in [1.82, 2.24) is 15.2 Å². The SMILES string of the molecule is C[C@@H]1CNCCN1C(=O)Cc1csc(-c2cccc(F)c2)n1.Cl.Cl. The summed E-state index contributed by atoms with van der Waals surface area (Å²) in [4.78, 5) is 18.8. The highest BCUT2D eigenvalue weighted by Gasteiger charge is 2.23. The quantitative estimate of drug-likeness (QED) is 0.873. The molecule has 0 saturated carbocycles. The molecule has 1 atom stereocenters. The van der Waals surface area contributed by atoms with E-state index in [-0.39, 0.29) is 42.6 Å². The van der Waals surface area contributed by atoms with Crippen LogP contribution in [0.4, 0.5) is 4.39 Å². The van der Waals surface area contributed by atoms with Gasteiger partial charge in [0.05, 0.1) is 12.1 Å². The van der Waals surface area contributed by atoms with E-state index in [0.717, 1.165) is 35.9 Å². The molecule has 2 aromatic rings. The van der Waals surface area contributed by atoms with Gasteiger partial charge >= 0.3 is 0 Å². The van der Waals surface area contributed by atoms with Gasteiger partial charge in [-0.2, -0.15) is 0 Å². The number of carbonyl (C=O) groups is 1. The van der Waals surface area contributed by atoms with Crippen LogP contribution in [-0.2, 0) is 11.2 Å². The van der Waals surface area contributed by atoms with Crippen LogP contribution in [0.5, 0.6) is 0 Å². The third-order valence-corrected chi connectivity index (χ3v) is 4.72. The van der Waals surface area contributed by atoms with E-state index in [1.165, 1.54) is 23.5 Å². The molecule has 132 valence electrons. The van der Waals surface area contributed by atoms with Crippen molar-refractivity contribution in [3.05, 3.63) is 41.2 Å². The summed E-state index contributed by atoms with van der Waals surface area (Å²) in [7, 11) is 0. The minimum atomic E-state index is -0.278. The number of nitrogens with one attached hydrogen (secondary N) is 1. The Hall–Kier alpha value is -1.21. The monoisotopic (exact) mass is 391 g/mol. The first kappa shape index (κ1) is 20.8. The summed E-state index contributed by atoms with van der Waals surface area (Å²) >= 11 is 1.44. The summed E-state index contributed by atoms with van der Waals surface area (Å²) in [5.74, 6) is -0.176. The smallest absolute Gasteiger partial charge is 0.228 e. The minimum Gasteiger partial charge on any atom is -0.337 e. The molecule has 1 saturated heterocycles. The Morgan fingerprint density at radius 3 is 2.96 bits per heavy atom. The molecule has 8 heteroatoms. The number of rotatable bonds is 3. The average molecular weight is 392 g/mol. The number of hydrogen-bond acceptors (Lipinski definition) is 4. The van der Waals surface area contributed by atoms with Crippen LogP contribution in [0.1, 0.15) is 12.6 Å². The molecule has 1 amide bonds. The molecule has 0 aliphatic carbocycles. The molecule has 1 aromatic carbocycles. The van der Waals surface area contributed by atoms with E-state index in [2.05, 4.69) is 10.3 Å². The molecule has 0 unspecified atom stereocenters. The minimum absolute atomic E-state index is 0. The fraction of sp³-hybridized carbons (Fsp3) is 0.375. The molecule has 3 rings (SSSR count). The Balaban J connectivity index is 0.00000144. The highest BCUT2D eigenvalue weighted by atomic mass is 35.5. The Bertz CT molecular complexity index is 683. The fourth-order valence-electron chi connectivity index (χ4n) is 2.61. The molecule has 1 aromatic heterocycles. The average Bonchev–Trinajstić information content (AvgIpc) is 2.96. The van der Waals surface area contributed by atoms with E-state index in [0.29, 0.717) is 6.42 Å². The van der Waals surface area contributed by atoms with Gasteiger partial charge in [-0.1, -0.05) is 12.1 Å². The zero-order valence-corrected chi connectivity index (χ0v) is 15.6. The summed E-state index contributed by atoms with van der Waals surface area (Å²) in [6.07, 6.45) is 0.302. The van der Waals surface area contributed by atoms with E-state index in [9.17, 15) is 9.18 Å². The second-order valence-electron chi connectivity index (χ2n) is 5.47. The Morgan fingerprint density at radius 2 is 2.25 bits per heavy atom. The lowest BCUT2D eigenvalue weighted by Crippen LogP contribution is -2.52. The van der Waals surface area contributed by atoms with Crippen LogP contribution < -0.4 is 5.32 Å². The molecular weight excluding hydrogens is 372 g/mol. The molecule has 0 bridgehead atoms. The van der Waals surface area contributed by atoms with Crippen molar-refractivity contribution in [2.75, 3.05) is 19.6 Å². The fourth-order valence-corrected chi connectivity index (χ4v) is 3.43. The van der Waals surface area contributed by atoms with Gasteiger partial charge in [-0.15, -0.1) is 36.2 Å². The van der Waals surface area contributed by atoms with Crippen molar-refractivity contribution in [2.24, 2.45) is 0 Å². The first-order valence-corrected chi connectivity index (χ1v) is 8.22. The van der Waals surface area contributed by atoms with Crippen LogP contribution in [-0.4, -0.2) is 41.5 Å². The highest BCUT2D eigenvalue weighted by Crippen LogP contribution is 2.24. The summed E-state index contributed by atoms with van der Waals surface area (Å²) in [6.45, 7) is 4.45. The predicted octanol–water partition coefficient (Wildman–Crippen LogP) is 3.16. The third-order valence-electron chi connectivity index (χ3n) is 3.78. The van der Waals surface area contributed by atoms with Crippen molar-refractivity contribution >= 4 is 42.1 Å². The van der Waals surface area contributed by atoms with Crippen molar-refractivity contribution in [3.63, 3.8) is 0 Å². The summed E-state index contributed by atoms with van der Waals surface area (Å²) in [5, 5.41) is 5.90. The maximum absolute atomic E-state index is 13.3. The van der Waals surface area contributed by atoms with Crippen LogP contribution in [0.3, 0.4) is 0 Å². The van der Waals surface area contributed by atoms with Gasteiger partial charge in [0.25, 0.3) is 0 Å². The summed E-state index contributed by atoms with van der Waals surface area (Å²) < 4.78 is 13.3. The van der Waals surface area contributed by atoms with Crippen LogP contribution in [0, 0.1) is 5.82 Å². The lowest BCUT2D eigenvalue weighted by Gasteiger charge is -2.33. The maximum Gasteiger partial charge on any atom is 0.228 e. The van der Waals surface area contributed by atoms with Crippen LogP contribution in [0.2, 0.25) is 0 Å². The first-order valence-electron chi connectivity index (χ1n) is 7.34. The van der Waals surface area contributed by atoms with E-state index in [1.807, 2.05) is 23.3 Å². The zero-order chi connectivity index (χ0) is 15.5. The first-order chi connectivity index (χ1) is 10.6. The van der Waals surface area contributed by atoms with Crippen LogP contribution in [0.15, 0.2) is 29.6 Å². The van der Waals surface area contributed by atoms with Crippen LogP contribution in [0.25, 0.3) is 10.6 Å². The molecule has 1 aliphatic heterocycles. The normalized spacial score (nSPS) is 16.9. The number of piperazine rings is 1. The second-order valence-corrected chi connectivity index (χ2v) is 6.33. The molecule has 2 heterocycles. The van der Waals surface area contributed by atoms with Gasteiger partial charge < -0.3 is 10.2 Å². The molecule has 1 N–H and O–H groups in total. The highest BCUT2D eigenvalue weighted by molar-refractivity contribution is 7.13. The molecule has 1 aliphatic rings. The van der Waals surface area contributed by atoms with Crippen LogP contribution >= 0.6 is 36.2 Å². The predicted molar refractivity (Wildman–Crippen MR) is 99.8 cm³/mol. The molecular formula is C16H20Cl2FN3OS. The largest absolute Gasteiger partial charge is 0.337 e. The van der Waals surface area contributed by atoms with Crippen molar-refractivity contribution in [3.8, 4) is 10.6 Å². The van der Waals surface area contributed by atoms with E-state index in [1.54, 1.807) is 6.07 Å². The second kappa shape index (κ2) is 9.32. The molecule has 0 spiro atoms. The number of benzene rings is 1. The Kier molecular flexibility index (Phi) is 8.09. The molecule has 4 nitrogen and oxygen atoms in total. The van der Waals surface area contributed by atoms with Gasteiger partial charge in [-0.05, 0) is 19.1 Å².